The first-order valence-electron chi connectivity index (χ1n) is 7.56. The highest BCUT2D eigenvalue weighted by Gasteiger charge is 2.21. The third-order valence-electron chi connectivity index (χ3n) is 3.91. The fraction of sp³-hybridized carbons (Fsp3) is 0.438. The molecule has 1 fully saturated rings. The Labute approximate surface area is 157 Å². The molecule has 0 saturated carbocycles. The molecule has 1 aromatic carbocycles. The molecule has 1 unspecified atom stereocenters. The normalized spacial score (nSPS) is 16.7. The number of nitrogens with one attached hydrogen (secondary N) is 1. The Balaban J connectivity index is 0.00000156. The molecule has 0 aliphatic carbocycles. The molecule has 9 heteroatoms. The molecule has 1 N–H and O–H groups in total. The molecule has 0 spiro atoms. The summed E-state index contributed by atoms with van der Waals surface area (Å²) in [6.45, 7) is 2.94. The zero-order valence-electron chi connectivity index (χ0n) is 13.7. The van der Waals surface area contributed by atoms with Crippen LogP contribution in [0.5, 0.6) is 5.75 Å². The minimum atomic E-state index is -0.951. The van der Waals surface area contributed by atoms with Crippen LogP contribution in [0.15, 0.2) is 24.5 Å². The summed E-state index contributed by atoms with van der Waals surface area (Å²) < 4.78 is 40.4. The van der Waals surface area contributed by atoms with E-state index in [9.17, 15) is 8.78 Å². The summed E-state index contributed by atoms with van der Waals surface area (Å²) in [5.41, 5.74) is 0.0418. The second-order valence-corrected chi connectivity index (χ2v) is 5.37. The van der Waals surface area contributed by atoms with Crippen molar-refractivity contribution >= 4 is 24.8 Å². The maximum absolute atomic E-state index is 14.2. The van der Waals surface area contributed by atoms with E-state index < -0.39 is 11.6 Å². The summed E-state index contributed by atoms with van der Waals surface area (Å²) in [4.78, 5) is 4.18. The lowest BCUT2D eigenvalue weighted by atomic mass is 10.1. The standard InChI is InChI=1S/C16H19F2N3O2.2ClH/c1-22-13-3-2-12(17)15(18)14(13)16-20-5-8-21(16)7-4-11-10-19-6-9-23-11;;/h2-3,5,8,11,19H,4,6-7,9-10H2,1H3;2*1H. The second-order valence-electron chi connectivity index (χ2n) is 5.37. The maximum atomic E-state index is 14.2. The highest BCUT2D eigenvalue weighted by Crippen LogP contribution is 2.33. The van der Waals surface area contributed by atoms with Crippen LogP contribution in [0, 0.1) is 11.6 Å². The molecule has 2 heterocycles. The van der Waals surface area contributed by atoms with Gasteiger partial charge in [-0.2, -0.15) is 0 Å². The monoisotopic (exact) mass is 395 g/mol. The van der Waals surface area contributed by atoms with Gasteiger partial charge in [0.1, 0.15) is 11.6 Å². The van der Waals surface area contributed by atoms with E-state index in [1.165, 1.54) is 13.2 Å². The first-order valence-corrected chi connectivity index (χ1v) is 7.56. The topological polar surface area (TPSA) is 48.3 Å². The quantitative estimate of drug-likeness (QED) is 0.844. The Kier molecular flexibility index (Phi) is 8.58. The van der Waals surface area contributed by atoms with Crippen LogP contribution in [0.2, 0.25) is 0 Å². The first-order chi connectivity index (χ1) is 11.2. The van der Waals surface area contributed by atoms with Gasteiger partial charge < -0.3 is 19.4 Å². The molecular weight excluding hydrogens is 375 g/mol. The smallest absolute Gasteiger partial charge is 0.173 e. The van der Waals surface area contributed by atoms with Crippen LogP contribution in [-0.4, -0.2) is 42.5 Å². The zero-order chi connectivity index (χ0) is 16.2. The van der Waals surface area contributed by atoms with Gasteiger partial charge in [0.05, 0.1) is 25.4 Å². The third kappa shape index (κ3) is 4.82. The van der Waals surface area contributed by atoms with Gasteiger partial charge in [0.15, 0.2) is 11.6 Å². The molecule has 0 radical (unpaired) electrons. The van der Waals surface area contributed by atoms with Crippen LogP contribution in [-0.2, 0) is 11.3 Å². The van der Waals surface area contributed by atoms with E-state index >= 15 is 0 Å². The highest BCUT2D eigenvalue weighted by molar-refractivity contribution is 5.85. The molecule has 5 nitrogen and oxygen atoms in total. The van der Waals surface area contributed by atoms with Crippen molar-refractivity contribution in [3.63, 3.8) is 0 Å². The summed E-state index contributed by atoms with van der Waals surface area (Å²) in [5.74, 6) is -1.27. The predicted molar refractivity (Wildman–Crippen MR) is 95.9 cm³/mol. The fourth-order valence-electron chi connectivity index (χ4n) is 2.72. The summed E-state index contributed by atoms with van der Waals surface area (Å²) in [7, 11) is 1.42. The number of halogens is 4. The fourth-order valence-corrected chi connectivity index (χ4v) is 2.72. The SMILES string of the molecule is COc1ccc(F)c(F)c1-c1nccn1CCC1CNCCO1.Cl.Cl. The van der Waals surface area contributed by atoms with E-state index in [2.05, 4.69) is 10.3 Å². The molecule has 0 bridgehead atoms. The lowest BCUT2D eigenvalue weighted by molar-refractivity contribution is 0.0211. The third-order valence-corrected chi connectivity index (χ3v) is 3.91. The Bertz CT molecular complexity index is 679. The van der Waals surface area contributed by atoms with Crippen molar-refractivity contribution in [2.75, 3.05) is 26.8 Å². The number of imidazole rings is 1. The number of nitrogens with zero attached hydrogens (tertiary/aromatic N) is 2. The number of morpholine rings is 1. The summed E-state index contributed by atoms with van der Waals surface area (Å²) in [5, 5.41) is 3.27. The van der Waals surface area contributed by atoms with Crippen molar-refractivity contribution in [3.8, 4) is 17.1 Å². The van der Waals surface area contributed by atoms with Crippen LogP contribution in [0.4, 0.5) is 8.78 Å². The van der Waals surface area contributed by atoms with E-state index in [1.807, 2.05) is 0 Å². The number of hydrogen-bond donors (Lipinski definition) is 1. The van der Waals surface area contributed by atoms with Gasteiger partial charge in [-0.25, -0.2) is 13.8 Å². The molecule has 1 aliphatic heterocycles. The number of hydrogen-bond acceptors (Lipinski definition) is 4. The molecule has 1 atom stereocenters. The van der Waals surface area contributed by atoms with E-state index in [-0.39, 0.29) is 42.2 Å². The van der Waals surface area contributed by atoms with Gasteiger partial charge in [-0.3, -0.25) is 0 Å². The second kappa shape index (κ2) is 9.91. The molecule has 140 valence electrons. The molecule has 0 amide bonds. The van der Waals surface area contributed by atoms with Crippen molar-refractivity contribution < 1.29 is 18.3 Å². The Hall–Kier alpha value is -1.41. The number of benzene rings is 1. The average molecular weight is 396 g/mol. The van der Waals surface area contributed by atoms with Gasteiger partial charge in [-0.15, -0.1) is 24.8 Å². The number of aryl methyl sites for hydroxylation is 1. The minimum absolute atomic E-state index is 0. The summed E-state index contributed by atoms with van der Waals surface area (Å²) in [6, 6.07) is 2.45. The van der Waals surface area contributed by atoms with E-state index in [1.54, 1.807) is 17.0 Å². The van der Waals surface area contributed by atoms with Crippen LogP contribution in [0.25, 0.3) is 11.4 Å². The van der Waals surface area contributed by atoms with Gasteiger partial charge in [-0.05, 0) is 18.6 Å². The number of rotatable bonds is 5. The maximum Gasteiger partial charge on any atom is 0.173 e. The van der Waals surface area contributed by atoms with Gasteiger partial charge >= 0.3 is 0 Å². The first kappa shape index (κ1) is 21.6. The Morgan fingerprint density at radius 3 is 2.84 bits per heavy atom. The van der Waals surface area contributed by atoms with Crippen LogP contribution in [0.3, 0.4) is 0 Å². The summed E-state index contributed by atoms with van der Waals surface area (Å²) in [6.07, 6.45) is 4.18. The van der Waals surface area contributed by atoms with Crippen LogP contribution in [0.1, 0.15) is 6.42 Å². The van der Waals surface area contributed by atoms with Crippen LogP contribution >= 0.6 is 24.8 Å². The molecule has 1 aromatic heterocycles. The summed E-state index contributed by atoms with van der Waals surface area (Å²) >= 11 is 0. The molecular formula is C16H21Cl2F2N3O2. The average Bonchev–Trinajstić information content (AvgIpc) is 3.04. The molecule has 3 rings (SSSR count). The van der Waals surface area contributed by atoms with Crippen LogP contribution < -0.4 is 10.1 Å². The minimum Gasteiger partial charge on any atom is -0.496 e. The molecule has 25 heavy (non-hydrogen) atoms. The Morgan fingerprint density at radius 2 is 2.16 bits per heavy atom. The van der Waals surface area contributed by atoms with E-state index in [0.717, 1.165) is 25.6 Å². The largest absolute Gasteiger partial charge is 0.496 e. The van der Waals surface area contributed by atoms with Gasteiger partial charge in [-0.1, -0.05) is 0 Å². The van der Waals surface area contributed by atoms with E-state index in [0.29, 0.717) is 19.0 Å². The van der Waals surface area contributed by atoms with Crippen molar-refractivity contribution in [1.82, 2.24) is 14.9 Å². The van der Waals surface area contributed by atoms with Gasteiger partial charge in [0.25, 0.3) is 0 Å². The lowest BCUT2D eigenvalue weighted by Crippen LogP contribution is -2.38. The molecule has 1 saturated heterocycles. The highest BCUT2D eigenvalue weighted by atomic mass is 35.5. The zero-order valence-corrected chi connectivity index (χ0v) is 15.3. The number of methoxy groups -OCH3 is 1. The predicted octanol–water partition coefficient (Wildman–Crippen LogP) is 3.06. The van der Waals surface area contributed by atoms with E-state index in [4.69, 9.17) is 9.47 Å². The molecule has 2 aromatic rings. The van der Waals surface area contributed by atoms with Crippen molar-refractivity contribution in [2.24, 2.45) is 0 Å². The van der Waals surface area contributed by atoms with Crippen molar-refractivity contribution in [1.29, 1.82) is 0 Å². The van der Waals surface area contributed by atoms with Crippen molar-refractivity contribution in [3.05, 3.63) is 36.2 Å². The van der Waals surface area contributed by atoms with Gasteiger partial charge in [0, 0.05) is 32.0 Å². The molecule has 1 aliphatic rings. The van der Waals surface area contributed by atoms with Crippen molar-refractivity contribution in [2.45, 2.75) is 19.1 Å². The number of ether oxygens (including phenoxy) is 2. The Morgan fingerprint density at radius 1 is 1.36 bits per heavy atom. The lowest BCUT2D eigenvalue weighted by Gasteiger charge is -2.24. The number of aromatic nitrogens is 2. The van der Waals surface area contributed by atoms with Gasteiger partial charge in [0.2, 0.25) is 0 Å².